The number of aliphatic imine (C=N–C) groups is 1. The van der Waals surface area contributed by atoms with Crippen molar-refractivity contribution < 1.29 is 9.52 Å². The van der Waals surface area contributed by atoms with Crippen molar-refractivity contribution in [1.82, 2.24) is 25.4 Å². The van der Waals surface area contributed by atoms with Crippen LogP contribution in [-0.2, 0) is 12.1 Å². The minimum Gasteiger partial charge on any atom is -0.466 e. The molecule has 9 heteroatoms. The van der Waals surface area contributed by atoms with Crippen LogP contribution >= 0.6 is 24.0 Å². The fourth-order valence-electron chi connectivity index (χ4n) is 3.53. The van der Waals surface area contributed by atoms with E-state index in [0.29, 0.717) is 25.6 Å². The molecule has 0 aliphatic rings. The third-order valence-corrected chi connectivity index (χ3v) is 5.02. The van der Waals surface area contributed by atoms with E-state index in [1.54, 1.807) is 6.92 Å². The number of aliphatic hydroxyl groups is 1. The first-order valence-electron chi connectivity index (χ1n) is 10.5. The second-order valence-electron chi connectivity index (χ2n) is 8.01. The van der Waals surface area contributed by atoms with Gasteiger partial charge in [0.1, 0.15) is 17.1 Å². The second-order valence-corrected chi connectivity index (χ2v) is 8.01. The van der Waals surface area contributed by atoms with E-state index < -0.39 is 5.60 Å². The Morgan fingerprint density at radius 2 is 1.94 bits per heavy atom. The van der Waals surface area contributed by atoms with E-state index >= 15 is 0 Å². The van der Waals surface area contributed by atoms with Crippen LogP contribution in [0.5, 0.6) is 0 Å². The van der Waals surface area contributed by atoms with Crippen LogP contribution in [0.3, 0.4) is 0 Å². The number of hydrogen-bond donors (Lipinski definition) is 3. The van der Waals surface area contributed by atoms with Crippen molar-refractivity contribution in [2.45, 2.75) is 53.7 Å². The number of rotatable bonds is 7. The molecule has 174 valence electrons. The Balaban J connectivity index is 0.00000363. The summed E-state index contributed by atoms with van der Waals surface area (Å²) in [5, 5.41) is 21.8. The molecule has 1 atom stereocenters. The summed E-state index contributed by atoms with van der Waals surface area (Å²) in [7, 11) is 0. The number of aryl methyl sites for hydroxylation is 4. The van der Waals surface area contributed by atoms with Gasteiger partial charge in [-0.25, -0.2) is 14.7 Å². The molecule has 0 fully saturated rings. The van der Waals surface area contributed by atoms with Crippen LogP contribution in [0.2, 0.25) is 0 Å². The average molecular weight is 552 g/mol. The monoisotopic (exact) mass is 552 g/mol. The zero-order valence-electron chi connectivity index (χ0n) is 19.6. The summed E-state index contributed by atoms with van der Waals surface area (Å²) in [6.45, 7) is 13.0. The number of hydrogen-bond acceptors (Lipinski definition) is 5. The van der Waals surface area contributed by atoms with Gasteiger partial charge in [0.05, 0.1) is 18.8 Å². The molecule has 3 aromatic heterocycles. The molecule has 8 nitrogen and oxygen atoms in total. The maximum Gasteiger partial charge on any atom is 0.191 e. The Bertz CT molecular complexity index is 1050. The number of pyridine rings is 1. The average Bonchev–Trinajstić information content (AvgIpc) is 3.24. The minimum atomic E-state index is -1.08. The SMILES string of the molecule is CCNC(=NCc1ccc(-n2nc(C)cc2C)nc1)NCC(C)(O)c1cc(C)oc1C.I. The smallest absolute Gasteiger partial charge is 0.191 e. The van der Waals surface area contributed by atoms with Gasteiger partial charge in [0.25, 0.3) is 0 Å². The zero-order valence-corrected chi connectivity index (χ0v) is 21.9. The Hall–Kier alpha value is -2.40. The maximum atomic E-state index is 10.9. The van der Waals surface area contributed by atoms with Gasteiger partial charge in [0, 0.05) is 24.0 Å². The van der Waals surface area contributed by atoms with E-state index in [1.165, 1.54) is 0 Å². The van der Waals surface area contributed by atoms with Gasteiger partial charge in [-0.05, 0) is 65.3 Å². The zero-order chi connectivity index (χ0) is 22.6. The van der Waals surface area contributed by atoms with Crippen LogP contribution in [-0.4, -0.2) is 38.9 Å². The lowest BCUT2D eigenvalue weighted by Crippen LogP contribution is -2.44. The number of aromatic nitrogens is 3. The molecule has 3 rings (SSSR count). The molecule has 3 aromatic rings. The summed E-state index contributed by atoms with van der Waals surface area (Å²) in [4.78, 5) is 9.15. The Morgan fingerprint density at radius 1 is 1.19 bits per heavy atom. The summed E-state index contributed by atoms with van der Waals surface area (Å²) >= 11 is 0. The fourth-order valence-corrected chi connectivity index (χ4v) is 3.53. The van der Waals surface area contributed by atoms with Crippen molar-refractivity contribution >= 4 is 29.9 Å². The first-order valence-corrected chi connectivity index (χ1v) is 10.5. The van der Waals surface area contributed by atoms with Crippen LogP contribution in [0.15, 0.2) is 39.9 Å². The molecular weight excluding hydrogens is 519 g/mol. The van der Waals surface area contributed by atoms with Crippen molar-refractivity contribution in [2.24, 2.45) is 4.99 Å². The van der Waals surface area contributed by atoms with Crippen LogP contribution in [0.25, 0.3) is 5.82 Å². The Morgan fingerprint density at radius 3 is 2.47 bits per heavy atom. The number of guanidine groups is 1. The molecular formula is C23H33IN6O2. The quantitative estimate of drug-likeness (QED) is 0.235. The predicted octanol–water partition coefficient (Wildman–Crippen LogP) is 3.67. The summed E-state index contributed by atoms with van der Waals surface area (Å²) in [6.07, 6.45) is 1.81. The number of nitrogens with zero attached hydrogens (tertiary/aromatic N) is 4. The van der Waals surface area contributed by atoms with E-state index in [-0.39, 0.29) is 24.0 Å². The fraction of sp³-hybridized carbons (Fsp3) is 0.435. The molecule has 3 N–H and O–H groups in total. The normalized spacial score (nSPS) is 13.4. The van der Waals surface area contributed by atoms with Gasteiger partial charge in [-0.3, -0.25) is 0 Å². The largest absolute Gasteiger partial charge is 0.466 e. The Labute approximate surface area is 206 Å². The lowest BCUT2D eigenvalue weighted by molar-refractivity contribution is 0.0601. The van der Waals surface area contributed by atoms with Crippen LogP contribution in [0, 0.1) is 27.7 Å². The molecule has 0 aliphatic heterocycles. The number of furan rings is 1. The highest BCUT2D eigenvalue weighted by Crippen LogP contribution is 2.26. The van der Waals surface area contributed by atoms with Gasteiger partial charge in [0.2, 0.25) is 0 Å². The van der Waals surface area contributed by atoms with Gasteiger partial charge in [-0.15, -0.1) is 24.0 Å². The Kier molecular flexibility index (Phi) is 8.85. The van der Waals surface area contributed by atoms with Crippen molar-refractivity contribution in [3.8, 4) is 5.82 Å². The molecule has 0 spiro atoms. The minimum absolute atomic E-state index is 0. The van der Waals surface area contributed by atoms with Gasteiger partial charge in [0.15, 0.2) is 11.8 Å². The van der Waals surface area contributed by atoms with Crippen LogP contribution in [0.4, 0.5) is 0 Å². The second kappa shape index (κ2) is 11.0. The van der Waals surface area contributed by atoms with E-state index in [0.717, 1.165) is 39.9 Å². The van der Waals surface area contributed by atoms with Crippen LogP contribution < -0.4 is 10.6 Å². The molecule has 3 heterocycles. The van der Waals surface area contributed by atoms with Crippen molar-refractivity contribution in [3.05, 3.63) is 64.5 Å². The first kappa shape index (κ1) is 25.9. The topological polar surface area (TPSA) is 100 Å². The van der Waals surface area contributed by atoms with Crippen LogP contribution in [0.1, 0.15) is 47.9 Å². The standard InChI is InChI=1S/C23H32N6O2.HI/c1-7-24-22(27-14-23(6,30)20-11-17(4)31-18(20)5)26-13-19-8-9-21(25-12-19)29-16(3)10-15(2)28-29;/h8-12,30H,7,13-14H2,1-6H3,(H2,24,26,27);1H. The number of nitrogens with one attached hydrogen (secondary N) is 2. The summed E-state index contributed by atoms with van der Waals surface area (Å²) in [6, 6.07) is 7.84. The molecule has 32 heavy (non-hydrogen) atoms. The third kappa shape index (κ3) is 6.32. The lowest BCUT2D eigenvalue weighted by atomic mass is 9.96. The molecule has 0 aliphatic carbocycles. The lowest BCUT2D eigenvalue weighted by Gasteiger charge is -2.24. The molecule has 1 unspecified atom stereocenters. The highest BCUT2D eigenvalue weighted by molar-refractivity contribution is 14.0. The maximum absolute atomic E-state index is 10.9. The predicted molar refractivity (Wildman–Crippen MR) is 137 cm³/mol. The van der Waals surface area contributed by atoms with Crippen molar-refractivity contribution in [3.63, 3.8) is 0 Å². The van der Waals surface area contributed by atoms with Crippen molar-refractivity contribution in [1.29, 1.82) is 0 Å². The molecule has 0 bridgehead atoms. The van der Waals surface area contributed by atoms with Gasteiger partial charge < -0.3 is 20.2 Å². The highest BCUT2D eigenvalue weighted by atomic mass is 127. The first-order chi connectivity index (χ1) is 14.7. The molecule has 0 aromatic carbocycles. The molecule has 0 saturated heterocycles. The highest BCUT2D eigenvalue weighted by Gasteiger charge is 2.27. The number of halogens is 1. The summed E-state index contributed by atoms with van der Waals surface area (Å²) in [5.74, 6) is 2.92. The van der Waals surface area contributed by atoms with E-state index in [2.05, 4.69) is 25.7 Å². The van der Waals surface area contributed by atoms with E-state index in [1.807, 2.05) is 69.8 Å². The summed E-state index contributed by atoms with van der Waals surface area (Å²) in [5.41, 5.74) is 2.68. The molecule has 0 radical (unpaired) electrons. The van der Waals surface area contributed by atoms with E-state index in [4.69, 9.17) is 4.42 Å². The van der Waals surface area contributed by atoms with Crippen molar-refractivity contribution in [2.75, 3.05) is 13.1 Å². The summed E-state index contributed by atoms with van der Waals surface area (Å²) < 4.78 is 7.39. The third-order valence-electron chi connectivity index (χ3n) is 5.02. The van der Waals surface area contributed by atoms with Gasteiger partial charge >= 0.3 is 0 Å². The molecule has 0 amide bonds. The van der Waals surface area contributed by atoms with Gasteiger partial charge in [-0.1, -0.05) is 6.07 Å². The van der Waals surface area contributed by atoms with E-state index in [9.17, 15) is 5.11 Å². The van der Waals surface area contributed by atoms with Gasteiger partial charge in [-0.2, -0.15) is 5.10 Å². The molecule has 0 saturated carbocycles.